The molecule has 9 heteroatoms. The molecule has 1 heterocycles. The molecule has 3 aliphatic rings. The molecule has 1 saturated carbocycles. The fourth-order valence-electron chi connectivity index (χ4n) is 7.90. The highest BCUT2D eigenvalue weighted by Gasteiger charge is 2.65. The molecule has 0 aromatic heterocycles. The van der Waals surface area contributed by atoms with E-state index < -0.39 is 32.9 Å². The van der Waals surface area contributed by atoms with Crippen LogP contribution in [0.5, 0.6) is 0 Å². The maximum atomic E-state index is 7.73. The normalized spacial score (nSPS) is 24.7. The van der Waals surface area contributed by atoms with Crippen molar-refractivity contribution >= 4 is 49.7 Å². The van der Waals surface area contributed by atoms with Crippen molar-refractivity contribution < 1.29 is 0 Å². The number of hydrogen-bond donors (Lipinski definition) is 0. The van der Waals surface area contributed by atoms with Crippen LogP contribution in [0.1, 0.15) is 111 Å². The molecule has 1 aliphatic heterocycles. The highest BCUT2D eigenvalue weighted by Crippen LogP contribution is 2.76. The second-order valence-electron chi connectivity index (χ2n) is 16.7. The molecule has 230 valence electrons. The first kappa shape index (κ1) is 33.7. The molecular weight excluding hydrogens is 591 g/mol. The number of benzene rings is 1. The Kier molecular flexibility index (Phi) is 9.33. The van der Waals surface area contributed by atoms with Crippen molar-refractivity contribution in [3.8, 4) is 0 Å². The standard InChI is InChI=1S/C32H58ClN4PSi3/c1-22(2)26-17-16-18-27(23(3)4)29(26)35(39(33)34-40(11,12)13)28-24-19-20-25(21-24)30(28)38-36(31(5,6)7)41(14,15)37(38)32(8,9)10/h16-18,22-25H,19-21H2,1-15H3/b39-34+. The van der Waals surface area contributed by atoms with Crippen molar-refractivity contribution in [3.05, 3.63) is 40.3 Å². The molecule has 0 spiro atoms. The lowest BCUT2D eigenvalue weighted by atomic mass is 9.92. The Hall–Kier alpha value is -0.149. The summed E-state index contributed by atoms with van der Waals surface area (Å²) in [5.41, 5.74) is 6.09. The summed E-state index contributed by atoms with van der Waals surface area (Å²) in [5, 5.41) is 1.75. The average Bonchev–Trinajstić information content (AvgIpc) is 3.36. The van der Waals surface area contributed by atoms with E-state index in [2.05, 4.69) is 133 Å². The molecule has 0 radical (unpaired) electrons. The predicted molar refractivity (Wildman–Crippen MR) is 190 cm³/mol. The van der Waals surface area contributed by atoms with Crippen molar-refractivity contribution in [2.24, 2.45) is 16.1 Å². The molecule has 2 atom stereocenters. The van der Waals surface area contributed by atoms with Gasteiger partial charge in [0.2, 0.25) is 8.40 Å². The zero-order valence-corrected chi connectivity index (χ0v) is 33.4. The summed E-state index contributed by atoms with van der Waals surface area (Å²) >= 11 is 7.73. The largest absolute Gasteiger partial charge is 0.353 e. The van der Waals surface area contributed by atoms with Crippen LogP contribution in [0.3, 0.4) is 0 Å². The minimum absolute atomic E-state index is 0.129. The third kappa shape index (κ3) is 6.21. The summed E-state index contributed by atoms with van der Waals surface area (Å²) in [6.45, 7) is 36.3. The predicted octanol–water partition coefficient (Wildman–Crippen LogP) is 10.9. The molecule has 1 aromatic rings. The Morgan fingerprint density at radius 1 is 0.927 bits per heavy atom. The van der Waals surface area contributed by atoms with Crippen LogP contribution in [-0.2, 0) is 0 Å². The topological polar surface area (TPSA) is 22.1 Å². The molecule has 2 fully saturated rings. The monoisotopic (exact) mass is 648 g/mol. The zero-order valence-electron chi connectivity index (χ0n) is 28.8. The van der Waals surface area contributed by atoms with E-state index in [1.165, 1.54) is 36.1 Å². The number of rotatable bonds is 7. The molecule has 0 amide bonds. The highest BCUT2D eigenvalue weighted by molar-refractivity contribution is 7.66. The van der Waals surface area contributed by atoms with E-state index in [0.717, 1.165) is 0 Å². The quantitative estimate of drug-likeness (QED) is 0.167. The van der Waals surface area contributed by atoms with Crippen LogP contribution >= 0.6 is 19.3 Å². The third-order valence-corrected chi connectivity index (χ3v) is 24.8. The van der Waals surface area contributed by atoms with Gasteiger partial charge in [0.15, 0.2) is 8.24 Å². The van der Waals surface area contributed by atoms with Gasteiger partial charge in [-0.15, -0.1) is 0 Å². The molecular formula is C32H58ClN4PSi3. The minimum atomic E-state index is -1.80. The first-order valence-corrected chi connectivity index (χ1v) is 25.9. The lowest BCUT2D eigenvalue weighted by Gasteiger charge is -2.71. The van der Waals surface area contributed by atoms with Crippen molar-refractivity contribution in [1.82, 2.24) is 8.67 Å². The van der Waals surface area contributed by atoms with E-state index in [4.69, 9.17) is 15.4 Å². The van der Waals surface area contributed by atoms with Crippen molar-refractivity contribution in [2.75, 3.05) is 4.57 Å². The van der Waals surface area contributed by atoms with Crippen LogP contribution in [0.4, 0.5) is 5.69 Å². The second-order valence-corrected chi connectivity index (χ2v) is 30.4. The van der Waals surface area contributed by atoms with Gasteiger partial charge in [0, 0.05) is 27.8 Å². The maximum Gasteiger partial charge on any atom is 0.353 e. The van der Waals surface area contributed by atoms with Crippen LogP contribution in [0, 0.1) is 11.8 Å². The number of para-hydroxylation sites is 1. The number of anilines is 1. The van der Waals surface area contributed by atoms with Gasteiger partial charge in [-0.3, -0.25) is 8.67 Å². The van der Waals surface area contributed by atoms with E-state index in [-0.39, 0.29) is 11.1 Å². The fraction of sp³-hybridized carbons (Fsp3) is 0.750. The van der Waals surface area contributed by atoms with E-state index >= 15 is 0 Å². The van der Waals surface area contributed by atoms with Crippen molar-refractivity contribution in [1.29, 1.82) is 0 Å². The van der Waals surface area contributed by atoms with Gasteiger partial charge in [-0.05, 0) is 109 Å². The smallest absolute Gasteiger partial charge is 0.336 e. The molecule has 4 nitrogen and oxygen atoms in total. The molecule has 0 N–H and O–H groups in total. The second kappa shape index (κ2) is 11.3. The van der Waals surface area contributed by atoms with Crippen LogP contribution in [0.25, 0.3) is 0 Å². The highest BCUT2D eigenvalue weighted by atomic mass is 35.6. The summed E-state index contributed by atoms with van der Waals surface area (Å²) in [5.74, 6) is 2.09. The van der Waals surface area contributed by atoms with Gasteiger partial charge >= 0.3 is 8.06 Å². The van der Waals surface area contributed by atoms with E-state index in [9.17, 15) is 0 Å². The molecule has 1 aromatic carbocycles. The zero-order chi connectivity index (χ0) is 31.0. The number of halogens is 1. The molecule has 2 unspecified atom stereocenters. The van der Waals surface area contributed by atoms with Gasteiger partial charge in [0.1, 0.15) is 0 Å². The van der Waals surface area contributed by atoms with Crippen molar-refractivity contribution in [3.63, 3.8) is 0 Å². The summed E-state index contributed by atoms with van der Waals surface area (Å²) < 4.78 is 14.2. The van der Waals surface area contributed by atoms with Crippen LogP contribution in [0.15, 0.2) is 33.5 Å². The Labute approximate surface area is 262 Å². The number of fused-ring (bicyclic) bond motifs is 2. The Morgan fingerprint density at radius 3 is 1.80 bits per heavy atom. The SMILES string of the molecule is CC(C)c1cccc(C(C)C)c1N(C1=C(P2N(C(C)(C)C)[Si](C)(C)N2C(C)(C)C)C2CCC1C2)/[Si](Cl)=N/[Si](C)(C)C. The third-order valence-electron chi connectivity index (χ3n) is 8.79. The molecule has 41 heavy (non-hydrogen) atoms. The van der Waals surface area contributed by atoms with E-state index in [0.29, 0.717) is 23.7 Å². The van der Waals surface area contributed by atoms with Gasteiger partial charge in [0.25, 0.3) is 0 Å². The van der Waals surface area contributed by atoms with Crippen molar-refractivity contribution in [2.45, 2.75) is 144 Å². The van der Waals surface area contributed by atoms with Gasteiger partial charge in [0.05, 0.1) is 8.22 Å². The van der Waals surface area contributed by atoms with E-state index in [1.807, 2.05) is 0 Å². The summed E-state index contributed by atoms with van der Waals surface area (Å²) in [4.78, 5) is 0. The lowest BCUT2D eigenvalue weighted by molar-refractivity contribution is 0.240. The molecule has 1 saturated heterocycles. The first-order valence-electron chi connectivity index (χ1n) is 15.9. The summed E-state index contributed by atoms with van der Waals surface area (Å²) in [7, 11) is -5.87. The van der Waals surface area contributed by atoms with Crippen LogP contribution < -0.4 is 4.57 Å². The van der Waals surface area contributed by atoms with Crippen LogP contribution in [-0.4, -0.2) is 44.4 Å². The lowest BCUT2D eigenvalue weighted by Crippen LogP contribution is -2.77. The molecule has 2 aliphatic carbocycles. The maximum absolute atomic E-state index is 7.73. The average molecular weight is 650 g/mol. The van der Waals surface area contributed by atoms with Gasteiger partial charge in [-0.25, -0.2) is 0 Å². The summed E-state index contributed by atoms with van der Waals surface area (Å²) in [6.07, 6.45) is 3.90. The van der Waals surface area contributed by atoms with Gasteiger partial charge in [-0.1, -0.05) is 76.6 Å². The Balaban J connectivity index is 2.10. The van der Waals surface area contributed by atoms with Gasteiger partial charge in [-0.2, -0.15) is 0 Å². The number of allylic oxidation sites excluding steroid dienone is 2. The van der Waals surface area contributed by atoms with Gasteiger partial charge < -0.3 is 8.87 Å². The Morgan fingerprint density at radius 2 is 1.39 bits per heavy atom. The molecule has 4 rings (SSSR count). The number of hydrogen-bond acceptors (Lipinski definition) is 3. The molecule has 2 bridgehead atoms. The first-order chi connectivity index (χ1) is 18.6. The van der Waals surface area contributed by atoms with Crippen LogP contribution in [0.2, 0.25) is 32.7 Å². The summed E-state index contributed by atoms with van der Waals surface area (Å²) in [6, 6.07) is 6.99. The Bertz CT molecular complexity index is 1170. The van der Waals surface area contributed by atoms with E-state index in [1.54, 1.807) is 11.0 Å². The fourth-order valence-corrected chi connectivity index (χ4v) is 25.5. The number of nitrogens with zero attached hydrogens (tertiary/aromatic N) is 4. The minimum Gasteiger partial charge on any atom is -0.336 e.